The van der Waals surface area contributed by atoms with Crippen LogP contribution >= 0.6 is 34.8 Å². The largest absolute Gasteiger partial charge is 0.347 e. The molecule has 0 aliphatic carbocycles. The lowest BCUT2D eigenvalue weighted by atomic mass is 10.0. The molecule has 2 rings (SSSR count). The number of halogens is 3. The number of sulfonamides is 1. The molecule has 1 aromatic carbocycles. The number of hydrogen-bond donors (Lipinski definition) is 2. The molecule has 0 bridgehead atoms. The van der Waals surface area contributed by atoms with E-state index in [4.69, 9.17) is 34.8 Å². The van der Waals surface area contributed by atoms with Gasteiger partial charge in [-0.25, -0.2) is 21.6 Å². The molecule has 1 saturated heterocycles. The maximum Gasteiger partial charge on any atom is 0.272 e. The molecular weight excluding hydrogens is 459 g/mol. The predicted octanol–water partition coefficient (Wildman–Crippen LogP) is 1.74. The smallest absolute Gasteiger partial charge is 0.272 e. The van der Waals surface area contributed by atoms with Crippen LogP contribution in [0.3, 0.4) is 0 Å². The summed E-state index contributed by atoms with van der Waals surface area (Å²) in [6.07, 6.45) is 0. The van der Waals surface area contributed by atoms with Crippen LogP contribution in [-0.4, -0.2) is 50.1 Å². The van der Waals surface area contributed by atoms with Gasteiger partial charge >= 0.3 is 0 Å². The van der Waals surface area contributed by atoms with E-state index in [1.54, 1.807) is 12.1 Å². The molecule has 0 spiro atoms. The predicted molar refractivity (Wildman–Crippen MR) is 106 cm³/mol. The van der Waals surface area contributed by atoms with Gasteiger partial charge in [0.15, 0.2) is 9.84 Å². The Balaban J connectivity index is 2.22. The lowest BCUT2D eigenvalue weighted by Crippen LogP contribution is -2.53. The Morgan fingerprint density at radius 1 is 1.11 bits per heavy atom. The summed E-state index contributed by atoms with van der Waals surface area (Å²) in [6, 6.07) is 4.12. The standard InChI is InChI=1S/C15H19Cl3N2O5S2/c1-9(2)10-3-5-11(6-4-10)27(24,25)20-13-8-26(22,23)7-12(13)19-14(21)15(16,17)18/h3-6,9,12-13,20H,7-8H2,1-2H3,(H,19,21)/t12-,13+/m0/s1. The van der Waals surface area contributed by atoms with Crippen molar-refractivity contribution in [3.05, 3.63) is 29.8 Å². The monoisotopic (exact) mass is 476 g/mol. The van der Waals surface area contributed by atoms with Gasteiger partial charge in [0.05, 0.1) is 28.5 Å². The van der Waals surface area contributed by atoms with E-state index >= 15 is 0 Å². The molecule has 7 nitrogen and oxygen atoms in total. The minimum atomic E-state index is -4.01. The maximum atomic E-state index is 12.6. The highest BCUT2D eigenvalue weighted by atomic mass is 35.6. The Hall–Kier alpha value is -0.580. The zero-order valence-electron chi connectivity index (χ0n) is 14.4. The normalized spacial score (nSPS) is 22.7. The SMILES string of the molecule is CC(C)c1ccc(S(=O)(=O)N[C@@H]2CS(=O)(=O)C[C@@H]2NC(=O)C(Cl)(Cl)Cl)cc1. The van der Waals surface area contributed by atoms with Crippen LogP contribution < -0.4 is 10.0 Å². The third kappa shape index (κ3) is 5.95. The van der Waals surface area contributed by atoms with Gasteiger partial charge in [0, 0.05) is 0 Å². The molecule has 152 valence electrons. The zero-order valence-corrected chi connectivity index (χ0v) is 18.3. The molecule has 1 aromatic rings. The first-order valence-corrected chi connectivity index (χ1v) is 12.4. The molecule has 1 fully saturated rings. The van der Waals surface area contributed by atoms with Gasteiger partial charge in [-0.2, -0.15) is 0 Å². The molecule has 1 aliphatic rings. The van der Waals surface area contributed by atoms with Crippen molar-refractivity contribution in [2.24, 2.45) is 0 Å². The summed E-state index contributed by atoms with van der Waals surface area (Å²) in [5.74, 6) is -1.73. The lowest BCUT2D eigenvalue weighted by Gasteiger charge is -2.22. The molecule has 1 amide bonds. The fourth-order valence-corrected chi connectivity index (χ4v) is 6.06. The highest BCUT2D eigenvalue weighted by Crippen LogP contribution is 2.27. The van der Waals surface area contributed by atoms with E-state index in [0.717, 1.165) is 5.56 Å². The van der Waals surface area contributed by atoms with E-state index < -0.39 is 53.1 Å². The van der Waals surface area contributed by atoms with Crippen LogP contribution in [0.5, 0.6) is 0 Å². The second-order valence-corrected chi connectivity index (χ2v) is 12.8. The van der Waals surface area contributed by atoms with Gasteiger partial charge in [-0.05, 0) is 23.6 Å². The van der Waals surface area contributed by atoms with Crippen LogP contribution in [-0.2, 0) is 24.7 Å². The molecular formula is C15H19Cl3N2O5S2. The molecule has 2 atom stereocenters. The Morgan fingerprint density at radius 3 is 2.11 bits per heavy atom. The summed E-state index contributed by atoms with van der Waals surface area (Å²) in [5.41, 5.74) is 0.963. The first-order chi connectivity index (χ1) is 12.2. The third-order valence-electron chi connectivity index (χ3n) is 4.09. The number of amides is 1. The molecule has 27 heavy (non-hydrogen) atoms. The Morgan fingerprint density at radius 2 is 1.63 bits per heavy atom. The second kappa shape index (κ2) is 8.04. The number of sulfone groups is 1. The minimum Gasteiger partial charge on any atom is -0.347 e. The highest BCUT2D eigenvalue weighted by Gasteiger charge is 2.43. The number of carbonyl (C=O) groups excluding carboxylic acids is 1. The average molecular weight is 478 g/mol. The van der Waals surface area contributed by atoms with Gasteiger partial charge in [-0.1, -0.05) is 60.8 Å². The van der Waals surface area contributed by atoms with E-state index in [9.17, 15) is 21.6 Å². The molecule has 0 aromatic heterocycles. The summed E-state index contributed by atoms with van der Waals surface area (Å²) in [4.78, 5) is 11.8. The zero-order chi connectivity index (χ0) is 20.6. The quantitative estimate of drug-likeness (QED) is 0.628. The van der Waals surface area contributed by atoms with Crippen molar-refractivity contribution in [2.75, 3.05) is 11.5 Å². The van der Waals surface area contributed by atoms with Crippen molar-refractivity contribution in [1.29, 1.82) is 0 Å². The van der Waals surface area contributed by atoms with Crippen LogP contribution in [0.2, 0.25) is 0 Å². The highest BCUT2D eigenvalue weighted by molar-refractivity contribution is 7.92. The average Bonchev–Trinajstić information content (AvgIpc) is 2.79. The van der Waals surface area contributed by atoms with E-state index in [1.165, 1.54) is 12.1 Å². The van der Waals surface area contributed by atoms with E-state index in [0.29, 0.717) is 0 Å². The fraction of sp³-hybridized carbons (Fsp3) is 0.533. The van der Waals surface area contributed by atoms with Gasteiger partial charge in [-0.3, -0.25) is 4.79 Å². The maximum absolute atomic E-state index is 12.6. The molecule has 12 heteroatoms. The van der Waals surface area contributed by atoms with Crippen molar-refractivity contribution in [3.8, 4) is 0 Å². The first kappa shape index (κ1) is 22.7. The fourth-order valence-electron chi connectivity index (χ4n) is 2.66. The molecule has 0 saturated carbocycles. The summed E-state index contributed by atoms with van der Waals surface area (Å²) in [7, 11) is -7.58. The molecule has 2 N–H and O–H groups in total. The topological polar surface area (TPSA) is 109 Å². The van der Waals surface area contributed by atoms with Gasteiger partial charge in [0.2, 0.25) is 10.0 Å². The van der Waals surface area contributed by atoms with Crippen LogP contribution in [0, 0.1) is 0 Å². The lowest BCUT2D eigenvalue weighted by molar-refractivity contribution is -0.120. The minimum absolute atomic E-state index is 0.0114. The van der Waals surface area contributed by atoms with Crippen molar-refractivity contribution in [3.63, 3.8) is 0 Å². The Bertz CT molecular complexity index is 910. The van der Waals surface area contributed by atoms with E-state index in [1.807, 2.05) is 13.8 Å². The Kier molecular flexibility index (Phi) is 6.76. The van der Waals surface area contributed by atoms with Gasteiger partial charge < -0.3 is 5.32 Å². The van der Waals surface area contributed by atoms with E-state index in [2.05, 4.69) is 10.0 Å². The van der Waals surface area contributed by atoms with Crippen molar-refractivity contribution in [2.45, 2.75) is 40.5 Å². The summed E-state index contributed by atoms with van der Waals surface area (Å²) in [6.45, 7) is 3.95. The molecule has 1 aliphatic heterocycles. The summed E-state index contributed by atoms with van der Waals surface area (Å²) in [5, 5.41) is 2.28. The summed E-state index contributed by atoms with van der Waals surface area (Å²) < 4.78 is 49.1. The number of nitrogens with one attached hydrogen (secondary N) is 2. The summed E-state index contributed by atoms with van der Waals surface area (Å²) >= 11 is 16.4. The van der Waals surface area contributed by atoms with E-state index in [-0.39, 0.29) is 10.8 Å². The number of benzene rings is 1. The van der Waals surface area contributed by atoms with Crippen LogP contribution in [0.25, 0.3) is 0 Å². The van der Waals surface area contributed by atoms with Crippen LogP contribution in [0.1, 0.15) is 25.3 Å². The third-order valence-corrected chi connectivity index (χ3v) is 7.84. The van der Waals surface area contributed by atoms with Crippen molar-refractivity contribution in [1.82, 2.24) is 10.0 Å². The van der Waals surface area contributed by atoms with Crippen LogP contribution in [0.15, 0.2) is 29.2 Å². The van der Waals surface area contributed by atoms with Crippen LogP contribution in [0.4, 0.5) is 0 Å². The molecule has 0 radical (unpaired) electrons. The number of carbonyl (C=O) groups is 1. The Labute approximate surface area is 173 Å². The van der Waals surface area contributed by atoms with Crippen molar-refractivity contribution < 1.29 is 21.6 Å². The number of alkyl halides is 3. The van der Waals surface area contributed by atoms with Gasteiger partial charge in [-0.15, -0.1) is 0 Å². The van der Waals surface area contributed by atoms with Gasteiger partial charge in [0.25, 0.3) is 9.70 Å². The van der Waals surface area contributed by atoms with Crippen molar-refractivity contribution >= 4 is 60.6 Å². The second-order valence-electron chi connectivity index (χ2n) is 6.61. The molecule has 0 unspecified atom stereocenters. The van der Waals surface area contributed by atoms with Gasteiger partial charge in [0.1, 0.15) is 0 Å². The number of hydrogen-bond acceptors (Lipinski definition) is 5. The number of rotatable bonds is 5. The first-order valence-electron chi connectivity index (χ1n) is 7.92. The molecule has 1 heterocycles.